The van der Waals surface area contributed by atoms with Crippen LogP contribution in [-0.4, -0.2) is 18.6 Å². The van der Waals surface area contributed by atoms with Crippen LogP contribution in [0.3, 0.4) is 0 Å². The third kappa shape index (κ3) is 3.50. The third-order valence-corrected chi connectivity index (χ3v) is 3.99. The molecule has 1 amide bonds. The van der Waals surface area contributed by atoms with Gasteiger partial charge in [0.05, 0.1) is 12.8 Å². The highest BCUT2D eigenvalue weighted by Crippen LogP contribution is 2.33. The van der Waals surface area contributed by atoms with Crippen molar-refractivity contribution in [2.45, 2.75) is 12.5 Å². The van der Waals surface area contributed by atoms with Crippen LogP contribution in [0.1, 0.15) is 16.1 Å². The molecule has 3 aromatic rings. The van der Waals surface area contributed by atoms with E-state index < -0.39 is 0 Å². The zero-order valence-corrected chi connectivity index (χ0v) is 13.5. The molecule has 126 valence electrons. The van der Waals surface area contributed by atoms with Crippen molar-refractivity contribution in [3.8, 4) is 17.2 Å². The number of carbonyl (C=O) groups is 1. The summed E-state index contributed by atoms with van der Waals surface area (Å²) in [6.07, 6.45) is 2.10. The molecule has 0 saturated heterocycles. The Kier molecular flexibility index (Phi) is 4.12. The van der Waals surface area contributed by atoms with Gasteiger partial charge in [-0.3, -0.25) is 4.79 Å². The molecule has 1 aliphatic heterocycles. The number of furan rings is 1. The van der Waals surface area contributed by atoms with Crippen LogP contribution < -0.4 is 14.8 Å². The molecule has 0 aliphatic carbocycles. The first-order valence-electron chi connectivity index (χ1n) is 8.12. The third-order valence-electron chi connectivity index (χ3n) is 3.99. The van der Waals surface area contributed by atoms with E-state index in [1.165, 1.54) is 6.26 Å². The summed E-state index contributed by atoms with van der Waals surface area (Å²) in [5.74, 6) is 2.46. The Morgan fingerprint density at radius 2 is 1.96 bits per heavy atom. The Labute approximate surface area is 145 Å². The zero-order chi connectivity index (χ0) is 17.1. The summed E-state index contributed by atoms with van der Waals surface area (Å²) in [6, 6.07) is 18.7. The van der Waals surface area contributed by atoms with Crippen LogP contribution in [0.25, 0.3) is 0 Å². The molecule has 0 bridgehead atoms. The molecule has 2 aromatic carbocycles. The van der Waals surface area contributed by atoms with E-state index in [9.17, 15) is 4.79 Å². The van der Waals surface area contributed by atoms with Crippen molar-refractivity contribution in [1.29, 1.82) is 0 Å². The van der Waals surface area contributed by atoms with Gasteiger partial charge in [0, 0.05) is 12.0 Å². The molecule has 1 aromatic heterocycles. The van der Waals surface area contributed by atoms with Crippen LogP contribution in [-0.2, 0) is 6.42 Å². The van der Waals surface area contributed by atoms with Gasteiger partial charge < -0.3 is 19.2 Å². The van der Waals surface area contributed by atoms with E-state index >= 15 is 0 Å². The molecule has 5 heteroatoms. The van der Waals surface area contributed by atoms with Crippen LogP contribution in [0.15, 0.2) is 71.3 Å². The van der Waals surface area contributed by atoms with Crippen molar-refractivity contribution in [3.63, 3.8) is 0 Å². The quantitative estimate of drug-likeness (QED) is 0.770. The van der Waals surface area contributed by atoms with Gasteiger partial charge >= 0.3 is 0 Å². The molecule has 1 aliphatic rings. The molecule has 5 nitrogen and oxygen atoms in total. The number of hydrogen-bond acceptors (Lipinski definition) is 4. The summed E-state index contributed by atoms with van der Waals surface area (Å²) >= 11 is 0. The Hall–Kier alpha value is -3.21. The number of carbonyl (C=O) groups excluding carboxylic acids is 1. The Morgan fingerprint density at radius 3 is 2.76 bits per heavy atom. The van der Waals surface area contributed by atoms with E-state index in [2.05, 4.69) is 5.32 Å². The SMILES string of the molecule is O=C(NC[C@H]1Cc2cc(Oc3ccccc3)ccc2O1)c1ccco1. The highest BCUT2D eigenvalue weighted by atomic mass is 16.5. The fraction of sp³-hybridized carbons (Fsp3) is 0.150. The number of para-hydroxylation sites is 1. The second kappa shape index (κ2) is 6.73. The highest BCUT2D eigenvalue weighted by molar-refractivity contribution is 5.91. The van der Waals surface area contributed by atoms with Crippen molar-refractivity contribution < 1.29 is 18.7 Å². The van der Waals surface area contributed by atoms with Gasteiger partial charge in [-0.05, 0) is 42.5 Å². The summed E-state index contributed by atoms with van der Waals surface area (Å²) < 4.78 is 16.8. The molecule has 2 heterocycles. The van der Waals surface area contributed by atoms with E-state index in [0.29, 0.717) is 12.3 Å². The Morgan fingerprint density at radius 1 is 1.08 bits per heavy atom. The predicted molar refractivity (Wildman–Crippen MR) is 92.1 cm³/mol. The standard InChI is InChI=1S/C20H17NO4/c22-20(19-7-4-10-23-19)21-13-17-12-14-11-16(8-9-18(14)25-17)24-15-5-2-1-3-6-15/h1-11,17H,12-13H2,(H,21,22)/t17-/m1/s1. The van der Waals surface area contributed by atoms with Gasteiger partial charge in [0.1, 0.15) is 23.4 Å². The van der Waals surface area contributed by atoms with Crippen LogP contribution in [0.4, 0.5) is 0 Å². The molecule has 0 unspecified atom stereocenters. The minimum absolute atomic E-state index is 0.0964. The molecule has 0 saturated carbocycles. The first-order valence-corrected chi connectivity index (χ1v) is 8.12. The second-order valence-electron chi connectivity index (χ2n) is 5.82. The van der Waals surface area contributed by atoms with Crippen molar-refractivity contribution >= 4 is 5.91 Å². The average molecular weight is 335 g/mol. The topological polar surface area (TPSA) is 60.7 Å². The maximum atomic E-state index is 11.9. The molecule has 1 N–H and O–H groups in total. The van der Waals surface area contributed by atoms with Crippen LogP contribution >= 0.6 is 0 Å². The van der Waals surface area contributed by atoms with E-state index in [1.807, 2.05) is 48.5 Å². The van der Waals surface area contributed by atoms with Gasteiger partial charge in [-0.25, -0.2) is 0 Å². The van der Waals surface area contributed by atoms with Crippen molar-refractivity contribution in [1.82, 2.24) is 5.32 Å². The van der Waals surface area contributed by atoms with E-state index in [0.717, 1.165) is 29.2 Å². The lowest BCUT2D eigenvalue weighted by atomic mass is 10.1. The number of benzene rings is 2. The van der Waals surface area contributed by atoms with Gasteiger partial charge in [0.2, 0.25) is 0 Å². The molecule has 0 fully saturated rings. The summed E-state index contributed by atoms with van der Waals surface area (Å²) in [5.41, 5.74) is 1.07. The number of hydrogen-bond donors (Lipinski definition) is 1. The Bertz CT molecular complexity index is 859. The lowest BCUT2D eigenvalue weighted by Crippen LogP contribution is -2.34. The zero-order valence-electron chi connectivity index (χ0n) is 13.5. The fourth-order valence-electron chi connectivity index (χ4n) is 2.80. The molecule has 25 heavy (non-hydrogen) atoms. The maximum absolute atomic E-state index is 11.9. The summed E-state index contributed by atoms with van der Waals surface area (Å²) in [5, 5.41) is 2.83. The normalized spacial score (nSPS) is 15.3. The fourth-order valence-corrected chi connectivity index (χ4v) is 2.80. The summed E-state index contributed by atoms with van der Waals surface area (Å²) in [6.45, 7) is 0.420. The number of rotatable bonds is 5. The van der Waals surface area contributed by atoms with Crippen LogP contribution in [0, 0.1) is 0 Å². The monoisotopic (exact) mass is 335 g/mol. The minimum Gasteiger partial charge on any atom is -0.488 e. The van der Waals surface area contributed by atoms with Crippen molar-refractivity contribution in [2.24, 2.45) is 0 Å². The minimum atomic E-state index is -0.238. The van der Waals surface area contributed by atoms with E-state index in [4.69, 9.17) is 13.9 Å². The number of amides is 1. The molecule has 1 atom stereocenters. The van der Waals surface area contributed by atoms with E-state index in [-0.39, 0.29) is 12.0 Å². The average Bonchev–Trinajstić information content (AvgIpc) is 3.30. The molecule has 0 radical (unpaired) electrons. The number of nitrogens with one attached hydrogen (secondary N) is 1. The number of ether oxygens (including phenoxy) is 2. The largest absolute Gasteiger partial charge is 0.488 e. The predicted octanol–water partition coefficient (Wildman–Crippen LogP) is 3.81. The lowest BCUT2D eigenvalue weighted by Gasteiger charge is -2.11. The van der Waals surface area contributed by atoms with Gasteiger partial charge in [-0.2, -0.15) is 0 Å². The molecule has 0 spiro atoms. The van der Waals surface area contributed by atoms with Crippen LogP contribution in [0.5, 0.6) is 17.2 Å². The maximum Gasteiger partial charge on any atom is 0.287 e. The van der Waals surface area contributed by atoms with Gasteiger partial charge in [0.15, 0.2) is 5.76 Å². The van der Waals surface area contributed by atoms with Crippen molar-refractivity contribution in [2.75, 3.05) is 6.54 Å². The highest BCUT2D eigenvalue weighted by Gasteiger charge is 2.24. The smallest absolute Gasteiger partial charge is 0.287 e. The van der Waals surface area contributed by atoms with Crippen LogP contribution in [0.2, 0.25) is 0 Å². The van der Waals surface area contributed by atoms with E-state index in [1.54, 1.807) is 12.1 Å². The second-order valence-corrected chi connectivity index (χ2v) is 5.82. The number of fused-ring (bicyclic) bond motifs is 1. The Balaban J connectivity index is 1.36. The van der Waals surface area contributed by atoms with Gasteiger partial charge in [-0.1, -0.05) is 18.2 Å². The first-order chi connectivity index (χ1) is 12.3. The van der Waals surface area contributed by atoms with Crippen molar-refractivity contribution in [3.05, 3.63) is 78.3 Å². The molecular weight excluding hydrogens is 318 g/mol. The van der Waals surface area contributed by atoms with Gasteiger partial charge in [-0.15, -0.1) is 0 Å². The molecule has 4 rings (SSSR count). The summed E-state index contributed by atoms with van der Waals surface area (Å²) in [4.78, 5) is 11.9. The summed E-state index contributed by atoms with van der Waals surface area (Å²) in [7, 11) is 0. The van der Waals surface area contributed by atoms with Gasteiger partial charge in [0.25, 0.3) is 5.91 Å². The first kappa shape index (κ1) is 15.3. The lowest BCUT2D eigenvalue weighted by molar-refractivity contribution is 0.0906. The molecular formula is C20H17NO4.